The molecule has 0 spiro atoms. The molecule has 0 aliphatic heterocycles. The Kier molecular flexibility index (Phi) is 8.29. The molecule has 3 aromatic heterocycles. The van der Waals surface area contributed by atoms with E-state index >= 15 is 0 Å². The molecule has 1 aliphatic rings. The number of aromatic nitrogens is 5. The van der Waals surface area contributed by atoms with Crippen LogP contribution in [0.25, 0.3) is 15.2 Å². The molecule has 43 heavy (non-hydrogen) atoms. The van der Waals surface area contributed by atoms with Crippen molar-refractivity contribution in [2.24, 2.45) is 0 Å². The molecular weight excluding hydrogens is 579 g/mol. The number of rotatable bonds is 10. The Hall–Kier alpha value is -3.88. The lowest BCUT2D eigenvalue weighted by molar-refractivity contribution is -0.129. The number of nitrogens with one attached hydrogen (secondary N) is 1. The minimum Gasteiger partial charge on any atom is -0.496 e. The van der Waals surface area contributed by atoms with Crippen molar-refractivity contribution in [3.8, 4) is 10.8 Å². The van der Waals surface area contributed by atoms with Crippen molar-refractivity contribution in [2.75, 3.05) is 7.11 Å². The number of thiophene rings is 1. The van der Waals surface area contributed by atoms with Gasteiger partial charge in [0.15, 0.2) is 0 Å². The predicted molar refractivity (Wildman–Crippen MR) is 158 cm³/mol. The summed E-state index contributed by atoms with van der Waals surface area (Å²) in [7, 11) is 1.45. The SMILES string of the molecule is COc1ccc(F)cc1[C@H](Cn1c(=O)n(C(C)(C)C(=O)NC(C)C)c(=O)c2c(C)c(-n3nccn3)sc21)OC1CC(O)C1. The van der Waals surface area contributed by atoms with Crippen LogP contribution in [0.3, 0.4) is 0 Å². The molecule has 12 nitrogen and oxygen atoms in total. The van der Waals surface area contributed by atoms with E-state index in [-0.39, 0.29) is 24.1 Å². The van der Waals surface area contributed by atoms with E-state index in [1.807, 2.05) is 0 Å². The van der Waals surface area contributed by atoms with Gasteiger partial charge in [-0.15, -0.1) is 4.80 Å². The number of nitrogens with zero attached hydrogens (tertiary/aromatic N) is 5. The standard InChI is InChI=1S/C29H35FN6O6S/c1-15(2)33-27(39)29(4,5)35-24(38)23-16(3)25(36-31-9-10-32-36)43-26(23)34(28(35)40)14-22(42-19-12-18(37)13-19)20-11-17(30)7-8-21(20)41-6/h7-11,15,18-19,22,37H,12-14H2,1-6H3,(H,33,39)/t18?,19?,22-/m0/s1. The van der Waals surface area contributed by atoms with Crippen molar-refractivity contribution < 1.29 is 23.8 Å². The van der Waals surface area contributed by atoms with Gasteiger partial charge < -0.3 is 19.9 Å². The largest absolute Gasteiger partial charge is 0.496 e. The fourth-order valence-corrected chi connectivity index (χ4v) is 6.48. The van der Waals surface area contributed by atoms with Crippen molar-refractivity contribution in [3.05, 3.63) is 68.4 Å². The van der Waals surface area contributed by atoms with Crippen LogP contribution in [0.1, 0.15) is 57.8 Å². The van der Waals surface area contributed by atoms with Gasteiger partial charge in [-0.1, -0.05) is 11.3 Å². The third kappa shape index (κ3) is 5.61. The Morgan fingerprint density at radius 1 is 1.23 bits per heavy atom. The molecule has 1 aromatic carbocycles. The molecule has 0 unspecified atom stereocenters. The van der Waals surface area contributed by atoms with Crippen LogP contribution in [0, 0.1) is 12.7 Å². The monoisotopic (exact) mass is 614 g/mol. The van der Waals surface area contributed by atoms with E-state index in [2.05, 4.69) is 15.5 Å². The number of ether oxygens (including phenoxy) is 2. The number of fused-ring (bicyclic) bond motifs is 1. The van der Waals surface area contributed by atoms with E-state index < -0.39 is 40.7 Å². The fourth-order valence-electron chi connectivity index (χ4n) is 5.26. The molecule has 0 radical (unpaired) electrons. The van der Waals surface area contributed by atoms with E-state index in [9.17, 15) is 23.9 Å². The van der Waals surface area contributed by atoms with Crippen molar-refractivity contribution in [1.82, 2.24) is 29.4 Å². The van der Waals surface area contributed by atoms with Crippen molar-refractivity contribution in [3.63, 3.8) is 0 Å². The fraction of sp³-hybridized carbons (Fsp3) is 0.483. The zero-order valence-corrected chi connectivity index (χ0v) is 25.6. The summed E-state index contributed by atoms with van der Waals surface area (Å²) in [5.41, 5.74) is -2.04. The summed E-state index contributed by atoms with van der Waals surface area (Å²) >= 11 is 1.15. The molecule has 14 heteroatoms. The molecule has 0 saturated heterocycles. The molecule has 1 saturated carbocycles. The topological polar surface area (TPSA) is 142 Å². The maximum absolute atomic E-state index is 14.6. The summed E-state index contributed by atoms with van der Waals surface area (Å²) < 4.78 is 28.8. The Bertz CT molecular complexity index is 1770. The van der Waals surface area contributed by atoms with Gasteiger partial charge in [-0.25, -0.2) is 13.8 Å². The van der Waals surface area contributed by atoms with E-state index in [0.29, 0.717) is 39.5 Å². The molecule has 1 aliphatic carbocycles. The lowest BCUT2D eigenvalue weighted by Crippen LogP contribution is -2.56. The number of carbonyl (C=O) groups is 1. The van der Waals surface area contributed by atoms with Gasteiger partial charge in [0.2, 0.25) is 5.91 Å². The number of halogens is 1. The number of aliphatic hydroxyl groups is 1. The van der Waals surface area contributed by atoms with Crippen LogP contribution in [0.4, 0.5) is 4.39 Å². The average molecular weight is 615 g/mol. The van der Waals surface area contributed by atoms with Gasteiger partial charge in [-0.2, -0.15) is 10.2 Å². The molecule has 1 fully saturated rings. The summed E-state index contributed by atoms with van der Waals surface area (Å²) in [6, 6.07) is 3.80. The second-order valence-corrected chi connectivity index (χ2v) is 12.5. The van der Waals surface area contributed by atoms with Gasteiger partial charge in [-0.05, 0) is 65.7 Å². The van der Waals surface area contributed by atoms with E-state index in [0.717, 1.165) is 15.9 Å². The first-order chi connectivity index (χ1) is 20.3. The normalized spacial score (nSPS) is 17.7. The van der Waals surface area contributed by atoms with Gasteiger partial charge in [0.05, 0.1) is 43.6 Å². The van der Waals surface area contributed by atoms with Gasteiger partial charge >= 0.3 is 5.69 Å². The molecule has 0 bridgehead atoms. The first kappa shape index (κ1) is 30.6. The summed E-state index contributed by atoms with van der Waals surface area (Å²) in [5.74, 6) is -0.673. The summed E-state index contributed by atoms with van der Waals surface area (Å²) in [5, 5.41) is 21.9. The van der Waals surface area contributed by atoms with Gasteiger partial charge in [0.25, 0.3) is 5.56 Å². The Morgan fingerprint density at radius 2 is 1.91 bits per heavy atom. The molecule has 1 amide bonds. The highest BCUT2D eigenvalue weighted by Gasteiger charge is 2.37. The quantitative estimate of drug-likeness (QED) is 0.278. The number of aliphatic hydroxyl groups excluding tert-OH is 1. The number of hydrogen-bond acceptors (Lipinski definition) is 9. The number of benzene rings is 1. The molecule has 5 rings (SSSR count). The Labute approximate surface area is 250 Å². The lowest BCUT2D eigenvalue weighted by Gasteiger charge is -2.35. The van der Waals surface area contributed by atoms with Crippen LogP contribution in [0.5, 0.6) is 5.75 Å². The first-order valence-corrected chi connectivity index (χ1v) is 14.8. The first-order valence-electron chi connectivity index (χ1n) is 14.0. The molecule has 230 valence electrons. The number of methoxy groups -OCH3 is 1. The molecule has 3 heterocycles. The number of aryl methyl sites for hydroxylation is 1. The summed E-state index contributed by atoms with van der Waals surface area (Å²) in [4.78, 5) is 43.5. The number of carbonyl (C=O) groups excluding carboxylic acids is 1. The highest BCUT2D eigenvalue weighted by Crippen LogP contribution is 2.37. The van der Waals surface area contributed by atoms with E-state index in [4.69, 9.17) is 9.47 Å². The van der Waals surface area contributed by atoms with Crippen LogP contribution in [-0.4, -0.2) is 60.5 Å². The maximum Gasteiger partial charge on any atom is 0.333 e. The Balaban J connectivity index is 1.76. The van der Waals surface area contributed by atoms with E-state index in [1.54, 1.807) is 20.8 Å². The van der Waals surface area contributed by atoms with Gasteiger partial charge in [0.1, 0.15) is 33.0 Å². The summed E-state index contributed by atoms with van der Waals surface area (Å²) in [6.45, 7) is 8.20. The zero-order chi connectivity index (χ0) is 31.2. The highest BCUT2D eigenvalue weighted by molar-refractivity contribution is 7.21. The minimum absolute atomic E-state index is 0.143. The second-order valence-electron chi connectivity index (χ2n) is 11.5. The molecular formula is C29H35FN6O6S. The third-order valence-electron chi connectivity index (χ3n) is 7.64. The second kappa shape index (κ2) is 11.7. The van der Waals surface area contributed by atoms with Crippen molar-refractivity contribution in [1.29, 1.82) is 0 Å². The number of hydrogen-bond donors (Lipinski definition) is 2. The Morgan fingerprint density at radius 3 is 2.51 bits per heavy atom. The van der Waals surface area contributed by atoms with Crippen LogP contribution in [0.15, 0.2) is 40.2 Å². The zero-order valence-electron chi connectivity index (χ0n) is 24.8. The minimum atomic E-state index is -1.57. The average Bonchev–Trinajstić information content (AvgIpc) is 3.57. The third-order valence-corrected chi connectivity index (χ3v) is 8.92. The maximum atomic E-state index is 14.6. The summed E-state index contributed by atoms with van der Waals surface area (Å²) in [6.07, 6.45) is 2.01. The van der Waals surface area contributed by atoms with Crippen molar-refractivity contribution in [2.45, 2.75) is 83.9 Å². The van der Waals surface area contributed by atoms with Gasteiger partial charge in [-0.3, -0.25) is 14.2 Å². The van der Waals surface area contributed by atoms with Crippen LogP contribution in [-0.2, 0) is 21.6 Å². The molecule has 4 aromatic rings. The highest BCUT2D eigenvalue weighted by atomic mass is 32.1. The number of amides is 1. The van der Waals surface area contributed by atoms with Crippen molar-refractivity contribution >= 4 is 27.5 Å². The van der Waals surface area contributed by atoms with E-state index in [1.165, 1.54) is 60.9 Å². The van der Waals surface area contributed by atoms with Crippen LogP contribution < -0.4 is 21.3 Å². The molecule has 1 atom stereocenters. The van der Waals surface area contributed by atoms with Crippen LogP contribution >= 0.6 is 11.3 Å². The lowest BCUT2D eigenvalue weighted by atomic mass is 9.92. The smallest absolute Gasteiger partial charge is 0.333 e. The predicted octanol–water partition coefficient (Wildman–Crippen LogP) is 2.80. The molecule has 2 N–H and O–H groups in total. The van der Waals surface area contributed by atoms with Gasteiger partial charge in [0, 0.05) is 17.2 Å². The van der Waals surface area contributed by atoms with Crippen LogP contribution in [0.2, 0.25) is 0 Å².